The molecular weight excluding hydrogens is 336 g/mol. The third-order valence-electron chi connectivity index (χ3n) is 2.89. The average molecular weight is 350 g/mol. The molecule has 0 bridgehead atoms. The van der Waals surface area contributed by atoms with E-state index in [1.54, 1.807) is 17.5 Å². The number of rotatable bonds is 4. The fraction of sp³-hybridized carbons (Fsp3) is 0.133. The van der Waals surface area contributed by atoms with E-state index < -0.39 is 12.0 Å². The lowest BCUT2D eigenvalue weighted by molar-refractivity contribution is 0.0938. The number of imide groups is 1. The molecule has 23 heavy (non-hydrogen) atoms. The van der Waals surface area contributed by atoms with E-state index in [2.05, 4.69) is 15.4 Å². The zero-order valence-electron chi connectivity index (χ0n) is 12.4. The summed E-state index contributed by atoms with van der Waals surface area (Å²) in [5.41, 5.74) is 0.725. The molecule has 2 N–H and O–H groups in total. The largest absolute Gasteiger partial charge is 0.453 e. The van der Waals surface area contributed by atoms with Crippen LogP contribution in [0.1, 0.15) is 20.7 Å². The first-order valence-electron chi connectivity index (χ1n) is 6.48. The summed E-state index contributed by atoms with van der Waals surface area (Å²) in [6.07, 6.45) is 1.03. The second-order valence-electron chi connectivity index (χ2n) is 4.26. The van der Waals surface area contributed by atoms with E-state index in [0.29, 0.717) is 10.6 Å². The summed E-state index contributed by atoms with van der Waals surface area (Å²) in [6, 6.07) is 8.71. The van der Waals surface area contributed by atoms with E-state index in [9.17, 15) is 14.4 Å². The van der Waals surface area contributed by atoms with Crippen molar-refractivity contribution in [2.45, 2.75) is 4.90 Å². The molecule has 3 amide bonds. The lowest BCUT2D eigenvalue weighted by atomic mass is 10.2. The topological polar surface area (TPSA) is 84.5 Å². The Bertz CT molecular complexity index is 743. The van der Waals surface area contributed by atoms with Gasteiger partial charge in [-0.05, 0) is 29.8 Å². The molecule has 0 saturated heterocycles. The van der Waals surface area contributed by atoms with Gasteiger partial charge in [0.05, 0.1) is 18.2 Å². The maximum Gasteiger partial charge on any atom is 0.413 e. The Morgan fingerprint density at radius 2 is 1.83 bits per heavy atom. The van der Waals surface area contributed by atoms with Gasteiger partial charge in [0.1, 0.15) is 5.00 Å². The molecule has 0 unspecified atom stereocenters. The second-order valence-corrected chi connectivity index (χ2v) is 6.03. The van der Waals surface area contributed by atoms with E-state index in [1.165, 1.54) is 29.2 Å². The number of hydrogen-bond acceptors (Lipinski definition) is 6. The molecule has 0 aliphatic rings. The van der Waals surface area contributed by atoms with Crippen LogP contribution in [0.2, 0.25) is 0 Å². The molecule has 0 fully saturated rings. The van der Waals surface area contributed by atoms with Crippen molar-refractivity contribution in [1.82, 2.24) is 5.32 Å². The SMILES string of the molecule is COC(=O)NC(=O)c1ccsc1NC(=O)c1ccccc1SC. The van der Waals surface area contributed by atoms with Gasteiger partial charge < -0.3 is 10.1 Å². The molecule has 120 valence electrons. The van der Waals surface area contributed by atoms with E-state index in [1.807, 2.05) is 18.4 Å². The lowest BCUT2D eigenvalue weighted by Gasteiger charge is -2.09. The molecule has 1 heterocycles. The minimum absolute atomic E-state index is 0.204. The highest BCUT2D eigenvalue weighted by atomic mass is 32.2. The molecule has 8 heteroatoms. The highest BCUT2D eigenvalue weighted by molar-refractivity contribution is 7.98. The minimum Gasteiger partial charge on any atom is -0.453 e. The Kier molecular flexibility index (Phi) is 5.78. The number of benzene rings is 1. The van der Waals surface area contributed by atoms with Gasteiger partial charge in [-0.15, -0.1) is 23.1 Å². The van der Waals surface area contributed by atoms with Crippen molar-refractivity contribution >= 4 is 46.0 Å². The number of thioether (sulfide) groups is 1. The number of ether oxygens (including phenoxy) is 1. The Hall–Kier alpha value is -2.32. The molecule has 2 rings (SSSR count). The van der Waals surface area contributed by atoms with Gasteiger partial charge in [0.25, 0.3) is 11.8 Å². The van der Waals surface area contributed by atoms with Crippen LogP contribution in [-0.2, 0) is 4.74 Å². The predicted molar refractivity (Wildman–Crippen MR) is 90.4 cm³/mol. The lowest BCUT2D eigenvalue weighted by Crippen LogP contribution is -2.30. The number of nitrogens with one attached hydrogen (secondary N) is 2. The van der Waals surface area contributed by atoms with Crippen molar-refractivity contribution in [3.05, 3.63) is 46.8 Å². The maximum absolute atomic E-state index is 12.4. The first-order valence-corrected chi connectivity index (χ1v) is 8.58. The molecule has 2 aromatic rings. The molecular formula is C15H14N2O4S2. The summed E-state index contributed by atoms with van der Waals surface area (Å²) in [4.78, 5) is 36.3. The Morgan fingerprint density at radius 3 is 2.52 bits per heavy atom. The normalized spacial score (nSPS) is 10.0. The molecule has 0 radical (unpaired) electrons. The van der Waals surface area contributed by atoms with Crippen LogP contribution < -0.4 is 10.6 Å². The minimum atomic E-state index is -0.855. The quantitative estimate of drug-likeness (QED) is 0.827. The summed E-state index contributed by atoms with van der Waals surface area (Å²) < 4.78 is 4.38. The van der Waals surface area contributed by atoms with Gasteiger partial charge in [-0.25, -0.2) is 4.79 Å². The van der Waals surface area contributed by atoms with Gasteiger partial charge in [-0.1, -0.05) is 12.1 Å². The highest BCUT2D eigenvalue weighted by Gasteiger charge is 2.19. The zero-order chi connectivity index (χ0) is 16.8. The van der Waals surface area contributed by atoms with E-state index in [4.69, 9.17) is 0 Å². The highest BCUT2D eigenvalue weighted by Crippen LogP contribution is 2.26. The first-order chi connectivity index (χ1) is 11.1. The van der Waals surface area contributed by atoms with Crippen LogP contribution >= 0.6 is 23.1 Å². The smallest absolute Gasteiger partial charge is 0.413 e. The molecule has 0 aliphatic heterocycles. The van der Waals surface area contributed by atoms with Gasteiger partial charge in [-0.3, -0.25) is 14.9 Å². The van der Waals surface area contributed by atoms with Crippen molar-refractivity contribution in [2.75, 3.05) is 18.7 Å². The summed E-state index contributed by atoms with van der Waals surface area (Å²) in [5, 5.41) is 6.79. The van der Waals surface area contributed by atoms with Gasteiger partial charge in [-0.2, -0.15) is 0 Å². The van der Waals surface area contributed by atoms with Gasteiger partial charge in [0.2, 0.25) is 0 Å². The third kappa shape index (κ3) is 4.11. The fourth-order valence-electron chi connectivity index (χ4n) is 1.80. The monoisotopic (exact) mass is 350 g/mol. The Labute approximate surface area is 141 Å². The Morgan fingerprint density at radius 1 is 1.09 bits per heavy atom. The van der Waals surface area contributed by atoms with Crippen LogP contribution in [0.4, 0.5) is 9.80 Å². The molecule has 0 aliphatic carbocycles. The molecule has 0 saturated carbocycles. The fourth-order valence-corrected chi connectivity index (χ4v) is 3.17. The van der Waals surface area contributed by atoms with E-state index in [-0.39, 0.29) is 11.5 Å². The number of hydrogen-bond donors (Lipinski definition) is 2. The number of amides is 3. The van der Waals surface area contributed by atoms with E-state index >= 15 is 0 Å². The van der Waals surface area contributed by atoms with Crippen molar-refractivity contribution in [3.63, 3.8) is 0 Å². The van der Waals surface area contributed by atoms with Crippen molar-refractivity contribution in [2.24, 2.45) is 0 Å². The number of carbonyl (C=O) groups is 3. The summed E-state index contributed by atoms with van der Waals surface area (Å²) in [7, 11) is 1.16. The number of alkyl carbamates (subject to hydrolysis) is 1. The standard InChI is InChI=1S/C15H14N2O4S2/c1-21-15(20)17-13(19)10-7-8-23-14(10)16-12(18)9-5-3-4-6-11(9)22-2/h3-8H,1-2H3,(H,16,18)(H,17,19,20). The van der Waals surface area contributed by atoms with Crippen LogP contribution in [0, 0.1) is 0 Å². The van der Waals surface area contributed by atoms with Gasteiger partial charge in [0, 0.05) is 4.90 Å². The summed E-state index contributed by atoms with van der Waals surface area (Å²) in [5.74, 6) is -0.948. The molecule has 1 aromatic carbocycles. The predicted octanol–water partition coefficient (Wildman–Crippen LogP) is 3.22. The van der Waals surface area contributed by atoms with Crippen LogP contribution in [0.5, 0.6) is 0 Å². The summed E-state index contributed by atoms with van der Waals surface area (Å²) >= 11 is 2.66. The van der Waals surface area contributed by atoms with Crippen molar-refractivity contribution in [1.29, 1.82) is 0 Å². The van der Waals surface area contributed by atoms with Gasteiger partial charge in [0.15, 0.2) is 0 Å². The molecule has 0 spiro atoms. The van der Waals surface area contributed by atoms with Crippen molar-refractivity contribution < 1.29 is 19.1 Å². The Balaban J connectivity index is 2.18. The first kappa shape index (κ1) is 17.0. The number of thiophene rings is 1. The van der Waals surface area contributed by atoms with Crippen LogP contribution in [0.15, 0.2) is 40.6 Å². The zero-order valence-corrected chi connectivity index (χ0v) is 14.0. The summed E-state index contributed by atoms with van der Waals surface area (Å²) in [6.45, 7) is 0. The number of methoxy groups -OCH3 is 1. The number of anilines is 1. The molecule has 0 atom stereocenters. The molecule has 1 aromatic heterocycles. The third-order valence-corrected chi connectivity index (χ3v) is 4.52. The second kappa shape index (κ2) is 7.80. The van der Waals surface area contributed by atoms with Crippen LogP contribution in [-0.4, -0.2) is 31.3 Å². The molecule has 6 nitrogen and oxygen atoms in total. The number of carbonyl (C=O) groups excluding carboxylic acids is 3. The van der Waals surface area contributed by atoms with Crippen molar-refractivity contribution in [3.8, 4) is 0 Å². The average Bonchev–Trinajstić information content (AvgIpc) is 3.02. The van der Waals surface area contributed by atoms with Crippen LogP contribution in [0.25, 0.3) is 0 Å². The maximum atomic E-state index is 12.4. The van der Waals surface area contributed by atoms with Crippen LogP contribution in [0.3, 0.4) is 0 Å². The van der Waals surface area contributed by atoms with Gasteiger partial charge >= 0.3 is 6.09 Å². The van der Waals surface area contributed by atoms with E-state index in [0.717, 1.165) is 12.0 Å².